The summed E-state index contributed by atoms with van der Waals surface area (Å²) in [4.78, 5) is 15.2. The molecule has 2 fully saturated rings. The predicted molar refractivity (Wildman–Crippen MR) is 322 cm³/mol. The van der Waals surface area contributed by atoms with Crippen LogP contribution in [0.3, 0.4) is 0 Å². The van der Waals surface area contributed by atoms with Crippen LogP contribution in [0.1, 0.15) is 186 Å². The van der Waals surface area contributed by atoms with Gasteiger partial charge >= 0.3 is 0 Å². The van der Waals surface area contributed by atoms with Crippen molar-refractivity contribution in [1.82, 2.24) is 18.6 Å². The quantitative estimate of drug-likeness (QED) is 0.0943. The van der Waals surface area contributed by atoms with Crippen molar-refractivity contribution in [2.24, 2.45) is 0 Å². The molecule has 8 rings (SSSR count). The first-order valence-electron chi connectivity index (χ1n) is 27.0. The van der Waals surface area contributed by atoms with Crippen molar-refractivity contribution in [1.29, 1.82) is 0 Å². The monoisotopic (exact) mass is 1150 g/mol. The van der Waals surface area contributed by atoms with Crippen LogP contribution >= 0.6 is 45.9 Å². The van der Waals surface area contributed by atoms with E-state index in [2.05, 4.69) is 160 Å². The first-order chi connectivity index (χ1) is 35.8. The summed E-state index contributed by atoms with van der Waals surface area (Å²) in [5.41, 5.74) is 13.1. The number of hydrogen-bond donors (Lipinski definition) is 0. The van der Waals surface area contributed by atoms with Crippen LogP contribution in [0.25, 0.3) is 0 Å². The maximum atomic E-state index is 14.1. The fraction of sp³-hybridized carbons (Fsp3) is 0.500. The number of thiazole rings is 2. The van der Waals surface area contributed by atoms with E-state index in [1.54, 1.807) is 37.4 Å². The molecule has 76 heavy (non-hydrogen) atoms. The fourth-order valence-electron chi connectivity index (χ4n) is 9.90. The van der Waals surface area contributed by atoms with Crippen molar-refractivity contribution in [3.63, 3.8) is 0 Å². The molecule has 0 spiro atoms. The van der Waals surface area contributed by atoms with E-state index < -0.39 is 20.0 Å². The van der Waals surface area contributed by atoms with Gasteiger partial charge in [0.1, 0.15) is 0 Å². The molecule has 2 aliphatic heterocycles. The van der Waals surface area contributed by atoms with Crippen LogP contribution in [0.5, 0.6) is 0 Å². The van der Waals surface area contributed by atoms with E-state index in [0.717, 1.165) is 55.9 Å². The molecule has 2 saturated heterocycles. The third-order valence-electron chi connectivity index (χ3n) is 14.8. The molecule has 2 aliphatic rings. The SMILES string of the molecule is CC(C)c1cc(C(C)C)c(S(=O)(=O)N2CCN(c3nc(Cc4ccc(Cl)c(Cl)c4)cs3)CC2)c(C(C)C)c1.Cc1ccc(Cc2csc(N3CCN(S(=O)(=O)c4c(C(C)C)cc(C(C)C)cc4C(C)C)CC3)n2)cc1C. The molecular weight excluding hydrogens is 1070 g/mol. The Kier molecular flexibility index (Phi) is 19.7. The predicted octanol–water partition coefficient (Wildman–Crippen LogP) is 15.2. The Bertz CT molecular complexity index is 2930. The number of rotatable bonds is 16. The van der Waals surface area contributed by atoms with Gasteiger partial charge < -0.3 is 9.80 Å². The molecule has 10 nitrogen and oxygen atoms in total. The average Bonchev–Trinajstić information content (AvgIpc) is 4.08. The highest BCUT2D eigenvalue weighted by Crippen LogP contribution is 2.40. The lowest BCUT2D eigenvalue weighted by Crippen LogP contribution is -2.49. The van der Waals surface area contributed by atoms with Crippen LogP contribution in [-0.4, -0.2) is 87.8 Å². The van der Waals surface area contributed by atoms with Gasteiger partial charge in [-0.25, -0.2) is 26.8 Å². The Morgan fingerprint density at radius 1 is 0.461 bits per heavy atom. The molecule has 6 aromatic rings. The van der Waals surface area contributed by atoms with E-state index in [1.807, 2.05) is 12.1 Å². The first-order valence-corrected chi connectivity index (χ1v) is 32.4. The second kappa shape index (κ2) is 25.1. The van der Waals surface area contributed by atoms with Gasteiger partial charge in [0.2, 0.25) is 20.0 Å². The number of aromatic nitrogens is 2. The molecule has 0 unspecified atom stereocenters. The molecule has 0 radical (unpaired) electrons. The number of sulfonamides is 2. The molecule has 2 aromatic heterocycles. The minimum Gasteiger partial charge on any atom is -0.345 e. The molecule has 0 aliphatic carbocycles. The Hall–Kier alpha value is -3.86. The minimum atomic E-state index is -3.64. The Balaban J connectivity index is 0.000000221. The van der Waals surface area contributed by atoms with Gasteiger partial charge in [0.05, 0.1) is 31.2 Å². The maximum Gasteiger partial charge on any atom is 0.243 e. The number of benzene rings is 4. The Morgan fingerprint density at radius 3 is 1.14 bits per heavy atom. The van der Waals surface area contributed by atoms with Crippen molar-refractivity contribution in [3.8, 4) is 0 Å². The highest BCUT2D eigenvalue weighted by molar-refractivity contribution is 7.89. The third kappa shape index (κ3) is 13.8. The summed E-state index contributed by atoms with van der Waals surface area (Å²) in [6.45, 7) is 34.0. The first kappa shape index (κ1) is 59.8. The third-order valence-corrected chi connectivity index (χ3v) is 21.5. The van der Waals surface area contributed by atoms with Crippen LogP contribution in [0, 0.1) is 13.8 Å². The number of hydrogen-bond acceptors (Lipinski definition) is 10. The number of nitrogens with zero attached hydrogens (tertiary/aromatic N) is 6. The molecule has 0 N–H and O–H groups in total. The highest BCUT2D eigenvalue weighted by Gasteiger charge is 2.36. The zero-order valence-electron chi connectivity index (χ0n) is 47.2. The molecule has 412 valence electrons. The highest BCUT2D eigenvalue weighted by atomic mass is 35.5. The topological polar surface area (TPSA) is 107 Å². The summed E-state index contributed by atoms with van der Waals surface area (Å²) < 4.78 is 59.8. The van der Waals surface area contributed by atoms with E-state index >= 15 is 0 Å². The normalized spacial score (nSPS) is 15.3. The van der Waals surface area contributed by atoms with Gasteiger partial charge in [0.15, 0.2) is 10.3 Å². The van der Waals surface area contributed by atoms with E-state index in [-0.39, 0.29) is 23.7 Å². The zero-order valence-corrected chi connectivity index (χ0v) is 51.9. The molecule has 0 atom stereocenters. The summed E-state index contributed by atoms with van der Waals surface area (Å²) in [5, 5.41) is 7.17. The molecule has 4 heterocycles. The minimum absolute atomic E-state index is 0.113. The van der Waals surface area contributed by atoms with Gasteiger partial charge in [-0.15, -0.1) is 22.7 Å². The fourth-order valence-corrected chi connectivity index (χ4v) is 16.2. The molecule has 16 heteroatoms. The number of aryl methyl sites for hydroxylation is 2. The lowest BCUT2D eigenvalue weighted by Gasteiger charge is -2.35. The molecule has 4 aromatic carbocycles. The van der Waals surface area contributed by atoms with Crippen molar-refractivity contribution in [2.75, 3.05) is 62.2 Å². The Labute approximate surface area is 474 Å². The van der Waals surface area contributed by atoms with Gasteiger partial charge in [-0.2, -0.15) is 8.61 Å². The smallest absolute Gasteiger partial charge is 0.243 e. The summed E-state index contributed by atoms with van der Waals surface area (Å²) in [7, 11) is -7.25. The maximum absolute atomic E-state index is 14.1. The van der Waals surface area contributed by atoms with Crippen molar-refractivity contribution < 1.29 is 16.8 Å². The summed E-state index contributed by atoms with van der Waals surface area (Å²) in [5.74, 6) is 1.17. The average molecular weight is 1150 g/mol. The second-order valence-electron chi connectivity index (χ2n) is 22.5. The standard InChI is InChI=1S/C31H43N3O2S2.C29H37Cl2N3O2S2/c1-20(2)26-17-28(21(3)4)30(29(18-26)22(5)6)38(35,36)34-13-11-33(12-14-34)31-32-27(19-37-31)16-25-10-9-23(7)24(8)15-25;1-18(2)22-15-24(19(3)4)28(25(16-22)20(5)6)38(35,36)34-11-9-33(10-12-34)29-32-23(17-37-29)13-21-7-8-26(30)27(31)14-21/h9-10,15,17-22H,11-14,16H2,1-8H3;7-8,14-20H,9-13H2,1-6H3. The zero-order chi connectivity index (χ0) is 55.6. The van der Waals surface area contributed by atoms with Gasteiger partial charge in [0.25, 0.3) is 0 Å². The van der Waals surface area contributed by atoms with Crippen LogP contribution in [-0.2, 0) is 32.9 Å². The molecule has 0 saturated carbocycles. The van der Waals surface area contributed by atoms with Crippen LogP contribution in [0.4, 0.5) is 10.3 Å². The van der Waals surface area contributed by atoms with E-state index in [9.17, 15) is 16.8 Å². The van der Waals surface area contributed by atoms with Crippen LogP contribution in [0.2, 0.25) is 10.0 Å². The van der Waals surface area contributed by atoms with Gasteiger partial charge in [0, 0.05) is 76.0 Å². The number of halogens is 2. The number of piperazine rings is 2. The lowest BCUT2D eigenvalue weighted by atomic mass is 9.89. The van der Waals surface area contributed by atoms with Crippen molar-refractivity contribution in [2.45, 2.75) is 155 Å². The van der Waals surface area contributed by atoms with Gasteiger partial charge in [-0.3, -0.25) is 0 Å². The number of anilines is 2. The second-order valence-corrected chi connectivity index (χ2v) is 28.8. The van der Waals surface area contributed by atoms with E-state index in [1.165, 1.54) is 27.8 Å². The Morgan fingerprint density at radius 2 is 0.816 bits per heavy atom. The summed E-state index contributed by atoms with van der Waals surface area (Å²) in [6, 6.07) is 20.7. The summed E-state index contributed by atoms with van der Waals surface area (Å²) >= 11 is 15.4. The van der Waals surface area contributed by atoms with Gasteiger partial charge in [-0.1, -0.05) is 155 Å². The van der Waals surface area contributed by atoms with Crippen molar-refractivity contribution in [3.05, 3.63) is 148 Å². The van der Waals surface area contributed by atoms with Crippen LogP contribution < -0.4 is 9.80 Å². The van der Waals surface area contributed by atoms with Crippen molar-refractivity contribution >= 4 is 76.2 Å². The largest absolute Gasteiger partial charge is 0.345 e. The lowest BCUT2D eigenvalue weighted by molar-refractivity contribution is 0.383. The van der Waals surface area contributed by atoms with E-state index in [4.69, 9.17) is 33.2 Å². The van der Waals surface area contributed by atoms with Gasteiger partial charge in [-0.05, 0) is 117 Å². The molecular formula is C60H80Cl2N6O4S4. The molecule has 0 amide bonds. The molecule has 0 bridgehead atoms. The van der Waals surface area contributed by atoms with E-state index in [0.29, 0.717) is 90.5 Å². The van der Waals surface area contributed by atoms with Crippen LogP contribution in [0.15, 0.2) is 81.2 Å². The summed E-state index contributed by atoms with van der Waals surface area (Å²) in [6.07, 6.45) is 1.48.